The van der Waals surface area contributed by atoms with Crippen molar-refractivity contribution in [3.05, 3.63) is 63.9 Å². The molecule has 182 valence electrons. The van der Waals surface area contributed by atoms with Gasteiger partial charge in [-0.15, -0.1) is 0 Å². The molecule has 0 radical (unpaired) electrons. The van der Waals surface area contributed by atoms with E-state index in [1.165, 1.54) is 19.1 Å². The van der Waals surface area contributed by atoms with Crippen LogP contribution in [0.2, 0.25) is 0 Å². The first kappa shape index (κ1) is 25.1. The zero-order valence-corrected chi connectivity index (χ0v) is 17.8. The molecule has 0 bridgehead atoms. The number of rotatable bonds is 8. The molecule has 1 aromatic carbocycles. The minimum atomic E-state index is -4.75. The number of aromatic nitrogens is 2. The predicted molar refractivity (Wildman–Crippen MR) is 114 cm³/mol. The summed E-state index contributed by atoms with van der Waals surface area (Å²) in [4.78, 5) is 29.9. The first-order chi connectivity index (χ1) is 16.1. The molecule has 34 heavy (non-hydrogen) atoms. The summed E-state index contributed by atoms with van der Waals surface area (Å²) >= 11 is 0. The highest BCUT2D eigenvalue weighted by atomic mass is 19.4. The second-order valence-electron chi connectivity index (χ2n) is 7.38. The van der Waals surface area contributed by atoms with E-state index in [-0.39, 0.29) is 35.5 Å². The van der Waals surface area contributed by atoms with E-state index in [1.54, 1.807) is 0 Å². The van der Waals surface area contributed by atoms with Gasteiger partial charge in [0.05, 0.1) is 11.1 Å². The molecule has 0 saturated heterocycles. The molecule has 12 heteroatoms. The number of nitrogens with zero attached hydrogens (tertiary/aromatic N) is 2. The van der Waals surface area contributed by atoms with Gasteiger partial charge in [0, 0.05) is 18.8 Å². The molecule has 1 atom stereocenters. The van der Waals surface area contributed by atoms with Crippen LogP contribution in [0.4, 0.5) is 32.2 Å². The Bertz CT molecular complexity index is 1260. The van der Waals surface area contributed by atoms with Gasteiger partial charge in [-0.3, -0.25) is 14.2 Å². The van der Waals surface area contributed by atoms with Crippen LogP contribution in [0.5, 0.6) is 0 Å². The van der Waals surface area contributed by atoms with Gasteiger partial charge in [0.1, 0.15) is 35.7 Å². The second kappa shape index (κ2) is 10.1. The first-order valence-corrected chi connectivity index (χ1v) is 10.3. The standard InChI is InChI=1S/C22H20F6N4O2/c1-2-3-17(22(26,27)28)30-21(34)14-11-32(16-6-4-12(24)10-15(16)25)20-13(19(14)33)5-7-18(31-20)29-9-8-23/h4-7,10-11,17H,2-3,8-9H2,1H3,(H,29,31)(H,30,34). The molecular weight excluding hydrogens is 466 g/mol. The minimum absolute atomic E-state index is 0.107. The van der Waals surface area contributed by atoms with Crippen LogP contribution in [0.15, 0.2) is 41.3 Å². The summed E-state index contributed by atoms with van der Waals surface area (Å²) < 4.78 is 81.4. The van der Waals surface area contributed by atoms with Crippen LogP contribution in [0.1, 0.15) is 30.1 Å². The summed E-state index contributed by atoms with van der Waals surface area (Å²) in [7, 11) is 0. The fourth-order valence-electron chi connectivity index (χ4n) is 3.34. The van der Waals surface area contributed by atoms with Gasteiger partial charge in [0.25, 0.3) is 5.91 Å². The van der Waals surface area contributed by atoms with E-state index in [0.29, 0.717) is 6.07 Å². The summed E-state index contributed by atoms with van der Waals surface area (Å²) in [6.07, 6.45) is -4.19. The third-order valence-electron chi connectivity index (χ3n) is 4.94. The quantitative estimate of drug-likeness (QED) is 0.460. The van der Waals surface area contributed by atoms with Crippen LogP contribution >= 0.6 is 0 Å². The summed E-state index contributed by atoms with van der Waals surface area (Å²) in [6.45, 7) is 0.673. The molecule has 1 unspecified atom stereocenters. The van der Waals surface area contributed by atoms with Crippen molar-refractivity contribution in [2.45, 2.75) is 32.0 Å². The number of hydrogen-bond acceptors (Lipinski definition) is 4. The Hall–Kier alpha value is -3.57. The summed E-state index contributed by atoms with van der Waals surface area (Å²) in [6, 6.07) is 2.85. The lowest BCUT2D eigenvalue weighted by molar-refractivity contribution is -0.154. The topological polar surface area (TPSA) is 76.0 Å². The molecule has 2 N–H and O–H groups in total. The zero-order valence-electron chi connectivity index (χ0n) is 17.8. The molecule has 3 aromatic rings. The number of pyridine rings is 2. The van der Waals surface area contributed by atoms with Gasteiger partial charge < -0.3 is 10.6 Å². The van der Waals surface area contributed by atoms with E-state index >= 15 is 0 Å². The van der Waals surface area contributed by atoms with Crippen molar-refractivity contribution in [1.82, 2.24) is 14.9 Å². The van der Waals surface area contributed by atoms with Gasteiger partial charge in [-0.25, -0.2) is 18.2 Å². The van der Waals surface area contributed by atoms with Crippen LogP contribution in [0.25, 0.3) is 16.7 Å². The van der Waals surface area contributed by atoms with Gasteiger partial charge in [-0.2, -0.15) is 13.2 Å². The summed E-state index contributed by atoms with van der Waals surface area (Å²) in [5.74, 6) is -3.15. The maximum atomic E-state index is 14.6. The molecule has 2 aromatic heterocycles. The van der Waals surface area contributed by atoms with E-state index in [2.05, 4.69) is 10.3 Å². The lowest BCUT2D eigenvalue weighted by Gasteiger charge is -2.21. The molecule has 6 nitrogen and oxygen atoms in total. The molecule has 0 spiro atoms. The fourth-order valence-corrected chi connectivity index (χ4v) is 3.34. The van der Waals surface area contributed by atoms with E-state index in [1.807, 2.05) is 5.32 Å². The van der Waals surface area contributed by atoms with Crippen molar-refractivity contribution in [2.24, 2.45) is 0 Å². The number of halogens is 6. The molecule has 3 rings (SSSR count). The number of amides is 1. The molecule has 0 aliphatic carbocycles. The van der Waals surface area contributed by atoms with Gasteiger partial charge >= 0.3 is 6.18 Å². The number of carbonyl (C=O) groups excluding carboxylic acids is 1. The fraction of sp³-hybridized carbons (Fsp3) is 0.318. The molecule has 0 fully saturated rings. The highest BCUT2D eigenvalue weighted by Crippen LogP contribution is 2.25. The summed E-state index contributed by atoms with van der Waals surface area (Å²) in [5, 5.41) is 4.25. The first-order valence-electron chi connectivity index (χ1n) is 10.3. The van der Waals surface area contributed by atoms with Crippen LogP contribution in [0, 0.1) is 11.6 Å². The van der Waals surface area contributed by atoms with Crippen molar-refractivity contribution in [3.8, 4) is 5.69 Å². The van der Waals surface area contributed by atoms with Crippen LogP contribution in [-0.2, 0) is 0 Å². The average Bonchev–Trinajstić information content (AvgIpc) is 2.77. The van der Waals surface area contributed by atoms with Crippen LogP contribution < -0.4 is 16.1 Å². The SMILES string of the molecule is CCCC(NC(=O)c1cn(-c2ccc(F)cc2F)c2nc(NCCF)ccc2c1=O)C(F)(F)F. The molecule has 0 saturated carbocycles. The van der Waals surface area contributed by atoms with Gasteiger partial charge in [-0.05, 0) is 30.7 Å². The van der Waals surface area contributed by atoms with E-state index in [4.69, 9.17) is 0 Å². The second-order valence-corrected chi connectivity index (χ2v) is 7.38. The lowest BCUT2D eigenvalue weighted by Crippen LogP contribution is -2.46. The number of alkyl halides is 4. The van der Waals surface area contributed by atoms with Crippen molar-refractivity contribution in [1.29, 1.82) is 0 Å². The highest BCUT2D eigenvalue weighted by molar-refractivity contribution is 5.97. The Labute approximate surface area is 189 Å². The summed E-state index contributed by atoms with van der Waals surface area (Å²) in [5.41, 5.74) is -2.10. The zero-order chi connectivity index (χ0) is 25.0. The largest absolute Gasteiger partial charge is 0.408 e. The number of anilines is 1. The van der Waals surface area contributed by atoms with E-state index < -0.39 is 53.8 Å². The third-order valence-corrected chi connectivity index (χ3v) is 4.94. The molecule has 0 aliphatic rings. The Morgan fingerprint density at radius 2 is 1.91 bits per heavy atom. The normalized spacial score (nSPS) is 12.6. The minimum Gasteiger partial charge on any atom is -0.367 e. The van der Waals surface area contributed by atoms with Gasteiger partial charge in [-0.1, -0.05) is 13.3 Å². The Morgan fingerprint density at radius 3 is 2.53 bits per heavy atom. The predicted octanol–water partition coefficient (Wildman–Crippen LogP) is 4.51. The van der Waals surface area contributed by atoms with Crippen LogP contribution in [0.3, 0.4) is 0 Å². The van der Waals surface area contributed by atoms with Gasteiger partial charge in [0.15, 0.2) is 5.65 Å². The molecular formula is C22H20F6N4O2. The number of fused-ring (bicyclic) bond motifs is 1. The number of carbonyl (C=O) groups is 1. The molecule has 2 heterocycles. The third kappa shape index (κ3) is 5.32. The van der Waals surface area contributed by atoms with E-state index in [9.17, 15) is 35.9 Å². The van der Waals surface area contributed by atoms with Gasteiger partial charge in [0.2, 0.25) is 5.43 Å². The smallest absolute Gasteiger partial charge is 0.367 e. The highest BCUT2D eigenvalue weighted by Gasteiger charge is 2.40. The van der Waals surface area contributed by atoms with Crippen LogP contribution in [-0.4, -0.2) is 40.9 Å². The number of benzene rings is 1. The Morgan fingerprint density at radius 1 is 1.18 bits per heavy atom. The monoisotopic (exact) mass is 486 g/mol. The lowest BCUT2D eigenvalue weighted by atomic mass is 10.1. The van der Waals surface area contributed by atoms with E-state index in [0.717, 1.165) is 22.9 Å². The van der Waals surface area contributed by atoms with Crippen molar-refractivity contribution in [3.63, 3.8) is 0 Å². The molecule has 1 amide bonds. The maximum absolute atomic E-state index is 14.6. The van der Waals surface area contributed by atoms with Crippen molar-refractivity contribution >= 4 is 22.8 Å². The number of hydrogen-bond donors (Lipinski definition) is 2. The molecule has 0 aliphatic heterocycles. The Kier molecular flexibility index (Phi) is 7.48. The Balaban J connectivity index is 2.21. The average molecular weight is 486 g/mol. The van der Waals surface area contributed by atoms with Crippen molar-refractivity contribution < 1.29 is 31.1 Å². The maximum Gasteiger partial charge on any atom is 0.408 e. The van der Waals surface area contributed by atoms with Crippen molar-refractivity contribution in [2.75, 3.05) is 18.5 Å². The number of nitrogens with one attached hydrogen (secondary N) is 2.